The number of oxime groups is 1. The summed E-state index contributed by atoms with van der Waals surface area (Å²) in [6, 6.07) is 0. The van der Waals surface area contributed by atoms with Gasteiger partial charge in [-0.2, -0.15) is 0 Å². The van der Waals surface area contributed by atoms with Crippen molar-refractivity contribution in [2.24, 2.45) is 21.7 Å². The minimum absolute atomic E-state index is 0.0376. The summed E-state index contributed by atoms with van der Waals surface area (Å²) >= 11 is 0. The second kappa shape index (κ2) is 4.94. The summed E-state index contributed by atoms with van der Waals surface area (Å²) in [5.74, 6) is -0.0730. The zero-order chi connectivity index (χ0) is 13.1. The zero-order valence-electron chi connectivity index (χ0n) is 10.9. The maximum atomic E-state index is 12.1. The van der Waals surface area contributed by atoms with Gasteiger partial charge < -0.3 is 16.3 Å². The first kappa shape index (κ1) is 13.8. The van der Waals surface area contributed by atoms with Crippen LogP contribution in [-0.4, -0.2) is 23.5 Å². The zero-order valence-corrected chi connectivity index (χ0v) is 10.9. The van der Waals surface area contributed by atoms with Crippen molar-refractivity contribution in [1.29, 1.82) is 0 Å². The number of amidine groups is 1. The molecule has 0 bridgehead atoms. The van der Waals surface area contributed by atoms with Crippen LogP contribution in [0.15, 0.2) is 5.16 Å². The highest BCUT2D eigenvalue weighted by Crippen LogP contribution is 2.41. The molecule has 1 aliphatic carbocycles. The lowest BCUT2D eigenvalue weighted by Crippen LogP contribution is -2.55. The van der Waals surface area contributed by atoms with Gasteiger partial charge in [-0.1, -0.05) is 32.3 Å². The number of carbonyl (C=O) groups excluding carboxylic acids is 1. The molecule has 0 aromatic carbocycles. The first-order valence-electron chi connectivity index (χ1n) is 6.14. The van der Waals surface area contributed by atoms with Crippen LogP contribution in [0.2, 0.25) is 0 Å². The lowest BCUT2D eigenvalue weighted by Gasteiger charge is -2.39. The molecule has 0 unspecified atom stereocenters. The monoisotopic (exact) mass is 241 g/mol. The molecule has 0 radical (unpaired) electrons. The topological polar surface area (TPSA) is 87.7 Å². The van der Waals surface area contributed by atoms with Gasteiger partial charge in [0.15, 0.2) is 5.84 Å². The molecule has 0 aromatic heterocycles. The van der Waals surface area contributed by atoms with Gasteiger partial charge in [0.05, 0.1) is 0 Å². The number of amides is 1. The fraction of sp³-hybridized carbons (Fsp3) is 0.833. The maximum absolute atomic E-state index is 12.1. The normalized spacial score (nSPS) is 19.6. The highest BCUT2D eigenvalue weighted by molar-refractivity contribution is 6.07. The first-order valence-corrected chi connectivity index (χ1v) is 6.14. The number of rotatable bonds is 5. The fourth-order valence-electron chi connectivity index (χ4n) is 1.84. The quantitative estimate of drug-likeness (QED) is 0.295. The summed E-state index contributed by atoms with van der Waals surface area (Å²) < 4.78 is 0. The van der Waals surface area contributed by atoms with Gasteiger partial charge in [-0.05, 0) is 24.7 Å². The van der Waals surface area contributed by atoms with Crippen LogP contribution in [0.25, 0.3) is 0 Å². The van der Waals surface area contributed by atoms with Gasteiger partial charge in [0.25, 0.3) is 0 Å². The van der Waals surface area contributed by atoms with E-state index in [4.69, 9.17) is 10.9 Å². The Balaban J connectivity index is 2.63. The van der Waals surface area contributed by atoms with Crippen molar-refractivity contribution in [3.05, 3.63) is 0 Å². The van der Waals surface area contributed by atoms with Crippen molar-refractivity contribution in [1.82, 2.24) is 5.32 Å². The van der Waals surface area contributed by atoms with Crippen LogP contribution < -0.4 is 11.1 Å². The molecule has 5 nitrogen and oxygen atoms in total. The van der Waals surface area contributed by atoms with Crippen LogP contribution in [0, 0.1) is 10.8 Å². The van der Waals surface area contributed by atoms with Gasteiger partial charge in [-0.25, -0.2) is 0 Å². The molecule has 1 rings (SSSR count). The van der Waals surface area contributed by atoms with Gasteiger partial charge in [0.2, 0.25) is 5.91 Å². The lowest BCUT2D eigenvalue weighted by atomic mass is 9.67. The molecule has 5 heteroatoms. The molecular formula is C12H23N3O2. The summed E-state index contributed by atoms with van der Waals surface area (Å²) in [4.78, 5) is 12.1. The summed E-state index contributed by atoms with van der Waals surface area (Å²) in [7, 11) is 0. The highest BCUT2D eigenvalue weighted by atomic mass is 16.4. The van der Waals surface area contributed by atoms with Crippen LogP contribution in [-0.2, 0) is 4.79 Å². The number of nitrogens with zero attached hydrogens (tertiary/aromatic N) is 1. The van der Waals surface area contributed by atoms with Crippen molar-refractivity contribution < 1.29 is 10.0 Å². The highest BCUT2D eigenvalue weighted by Gasteiger charge is 2.48. The smallest absolute Gasteiger partial charge is 0.233 e. The Morgan fingerprint density at radius 1 is 1.53 bits per heavy atom. The molecule has 0 aliphatic heterocycles. The van der Waals surface area contributed by atoms with Crippen molar-refractivity contribution in [3.63, 3.8) is 0 Å². The average molecular weight is 241 g/mol. The Labute approximate surface area is 102 Å². The van der Waals surface area contributed by atoms with Crippen LogP contribution in [0.5, 0.6) is 0 Å². The summed E-state index contributed by atoms with van der Waals surface area (Å²) in [5, 5.41) is 14.7. The molecular weight excluding hydrogens is 218 g/mol. The van der Waals surface area contributed by atoms with Crippen LogP contribution in [0.4, 0.5) is 0 Å². The molecule has 1 aliphatic rings. The van der Waals surface area contributed by atoms with Gasteiger partial charge >= 0.3 is 0 Å². The Kier molecular flexibility index (Phi) is 4.01. The number of hydrogen-bond donors (Lipinski definition) is 3. The predicted molar refractivity (Wildman–Crippen MR) is 66.8 cm³/mol. The number of nitrogens with two attached hydrogens (primary N) is 1. The van der Waals surface area contributed by atoms with Crippen molar-refractivity contribution in [3.8, 4) is 0 Å². The lowest BCUT2D eigenvalue weighted by molar-refractivity contribution is -0.131. The second-order valence-electron chi connectivity index (χ2n) is 5.62. The minimum atomic E-state index is -0.765. The van der Waals surface area contributed by atoms with E-state index in [2.05, 4.69) is 31.2 Å². The van der Waals surface area contributed by atoms with E-state index in [0.29, 0.717) is 19.4 Å². The van der Waals surface area contributed by atoms with Gasteiger partial charge in [0.1, 0.15) is 5.41 Å². The third kappa shape index (κ3) is 2.70. The largest absolute Gasteiger partial charge is 0.409 e. The third-order valence-electron chi connectivity index (χ3n) is 3.92. The Morgan fingerprint density at radius 2 is 2.12 bits per heavy atom. The minimum Gasteiger partial charge on any atom is -0.409 e. The molecule has 4 N–H and O–H groups in total. The maximum Gasteiger partial charge on any atom is 0.233 e. The van der Waals surface area contributed by atoms with E-state index in [1.165, 1.54) is 0 Å². The summed E-state index contributed by atoms with van der Waals surface area (Å²) in [5.41, 5.74) is 4.93. The van der Waals surface area contributed by atoms with E-state index in [1.807, 2.05) is 0 Å². The van der Waals surface area contributed by atoms with E-state index >= 15 is 0 Å². The Bertz CT molecular complexity index is 320. The molecule has 1 amide bonds. The standard InChI is InChI=1S/C12H23N3O2/c1-4-11(2,3)8-14-10(16)12(6-5-7-12)9(13)15-17/h17H,4-8H2,1-3H3,(H2,13,15)(H,14,16). The summed E-state index contributed by atoms with van der Waals surface area (Å²) in [6.45, 7) is 6.91. The first-order chi connectivity index (χ1) is 7.88. The molecule has 0 atom stereocenters. The van der Waals surface area contributed by atoms with E-state index in [-0.39, 0.29) is 17.2 Å². The molecule has 0 aromatic rings. The average Bonchev–Trinajstić information content (AvgIpc) is 2.24. The van der Waals surface area contributed by atoms with Gasteiger partial charge in [-0.15, -0.1) is 0 Å². The van der Waals surface area contributed by atoms with Crippen molar-refractivity contribution in [2.75, 3.05) is 6.54 Å². The molecule has 17 heavy (non-hydrogen) atoms. The van der Waals surface area contributed by atoms with E-state index in [9.17, 15) is 4.79 Å². The Morgan fingerprint density at radius 3 is 2.47 bits per heavy atom. The van der Waals surface area contributed by atoms with Gasteiger partial charge in [0, 0.05) is 6.54 Å². The Hall–Kier alpha value is -1.26. The fourth-order valence-corrected chi connectivity index (χ4v) is 1.84. The molecule has 98 valence electrons. The van der Waals surface area contributed by atoms with Gasteiger partial charge in [-0.3, -0.25) is 4.79 Å². The van der Waals surface area contributed by atoms with Crippen LogP contribution in [0.1, 0.15) is 46.5 Å². The third-order valence-corrected chi connectivity index (χ3v) is 3.92. The second-order valence-corrected chi connectivity index (χ2v) is 5.62. The van der Waals surface area contributed by atoms with Crippen molar-refractivity contribution in [2.45, 2.75) is 46.5 Å². The van der Waals surface area contributed by atoms with Crippen molar-refractivity contribution >= 4 is 11.7 Å². The molecule has 0 spiro atoms. The van der Waals surface area contributed by atoms with E-state index < -0.39 is 5.41 Å². The number of hydrogen-bond acceptors (Lipinski definition) is 3. The van der Waals surface area contributed by atoms with Crippen LogP contribution >= 0.6 is 0 Å². The summed E-state index contributed by atoms with van der Waals surface area (Å²) in [6.07, 6.45) is 3.27. The number of carbonyl (C=O) groups is 1. The van der Waals surface area contributed by atoms with E-state index in [1.54, 1.807) is 0 Å². The molecule has 1 fully saturated rings. The predicted octanol–water partition coefficient (Wildman–Crippen LogP) is 1.46. The SMILES string of the molecule is CCC(C)(C)CNC(=O)C1(C(N)=NO)CCC1. The van der Waals surface area contributed by atoms with E-state index in [0.717, 1.165) is 12.8 Å². The molecule has 0 heterocycles. The number of nitrogens with one attached hydrogen (secondary N) is 1. The molecule has 0 saturated heterocycles. The van der Waals surface area contributed by atoms with Crippen LogP contribution in [0.3, 0.4) is 0 Å². The molecule has 1 saturated carbocycles.